The lowest BCUT2D eigenvalue weighted by molar-refractivity contribution is 0.133. The van der Waals surface area contributed by atoms with E-state index in [4.69, 9.17) is 18.5 Å². The van der Waals surface area contributed by atoms with E-state index in [1.165, 1.54) is 0 Å². The minimum Gasteiger partial charge on any atom is -0.441 e. The molecule has 0 aliphatic rings. The van der Waals surface area contributed by atoms with Crippen molar-refractivity contribution >= 4 is 16.1 Å². The van der Waals surface area contributed by atoms with Crippen LogP contribution in [0.4, 0.5) is 0 Å². The molecule has 3 aromatic rings. The summed E-state index contributed by atoms with van der Waals surface area (Å²) in [5.41, 5.74) is 3.95. The molecule has 0 aliphatic heterocycles. The lowest BCUT2D eigenvalue weighted by atomic mass is 10.1. The highest BCUT2D eigenvalue weighted by atomic mass is 31.1. The van der Waals surface area contributed by atoms with E-state index in [1.54, 1.807) is 24.3 Å². The summed E-state index contributed by atoms with van der Waals surface area (Å²) >= 11 is 0. The lowest BCUT2D eigenvalue weighted by Gasteiger charge is -2.23. The highest BCUT2D eigenvalue weighted by Gasteiger charge is 2.54. The quantitative estimate of drug-likeness (QED) is 0.176. The second kappa shape index (κ2) is 13.6. The number of hydrogen-bond donors (Lipinski definition) is 0. The van der Waals surface area contributed by atoms with Gasteiger partial charge in [-0.3, -0.25) is 9.05 Å². The molecule has 0 amide bonds. The van der Waals surface area contributed by atoms with E-state index in [1.807, 2.05) is 91.8 Å². The van der Waals surface area contributed by atoms with E-state index < -0.39 is 26.7 Å². The number of hydrogen-bond acceptors (Lipinski definition) is 6. The summed E-state index contributed by atoms with van der Waals surface area (Å²) in [6.45, 7) is 15.7. The van der Waals surface area contributed by atoms with E-state index >= 15 is 0 Å². The monoisotopic (exact) mass is 584 g/mol. The molecule has 6 nitrogen and oxygen atoms in total. The summed E-state index contributed by atoms with van der Waals surface area (Å²) in [7, 11) is -4.46. The molecule has 0 saturated heterocycles. The number of aryl methyl sites for hydroxylation is 4. The van der Waals surface area contributed by atoms with Gasteiger partial charge in [0.15, 0.2) is 11.5 Å². The molecule has 0 N–H and O–H groups in total. The molecule has 3 rings (SSSR count). The standard InChI is InChI=1S/C32H42O6P2/c1-9-31(10-2,35-29-23(5)15-13-16-24(29)6)39(33)37-27-19-21-28(22-20-27)38-40(34)32(11-3,12-4)36-30-25(7)17-14-18-26(30)8/h13-22H,9-12H2,1-8H3/q+2. The molecule has 0 saturated carbocycles. The number of para-hydroxylation sites is 2. The average molecular weight is 585 g/mol. The average Bonchev–Trinajstić information content (AvgIpc) is 2.94. The van der Waals surface area contributed by atoms with Crippen molar-refractivity contribution in [2.24, 2.45) is 0 Å². The highest BCUT2D eigenvalue weighted by molar-refractivity contribution is 7.41. The molecular formula is C32H42O6P2+2. The fourth-order valence-electron chi connectivity index (χ4n) is 4.60. The lowest BCUT2D eigenvalue weighted by Crippen LogP contribution is -2.32. The minimum absolute atomic E-state index is 0.420. The van der Waals surface area contributed by atoms with Gasteiger partial charge < -0.3 is 9.47 Å². The predicted molar refractivity (Wildman–Crippen MR) is 163 cm³/mol. The molecule has 0 heterocycles. The van der Waals surface area contributed by atoms with E-state index in [-0.39, 0.29) is 0 Å². The van der Waals surface area contributed by atoms with Crippen LogP contribution in [0, 0.1) is 27.7 Å². The topological polar surface area (TPSA) is 71.1 Å². The van der Waals surface area contributed by atoms with Gasteiger partial charge in [0.25, 0.3) is 0 Å². The van der Waals surface area contributed by atoms with Crippen molar-refractivity contribution in [1.82, 2.24) is 0 Å². The van der Waals surface area contributed by atoms with Crippen LogP contribution in [0.2, 0.25) is 0 Å². The Morgan fingerprint density at radius 1 is 0.525 bits per heavy atom. The first-order valence-electron chi connectivity index (χ1n) is 14.0. The van der Waals surface area contributed by atoms with E-state index in [9.17, 15) is 9.13 Å². The zero-order valence-electron chi connectivity index (χ0n) is 24.9. The Labute approximate surface area is 241 Å². The van der Waals surface area contributed by atoms with Gasteiger partial charge in [0.2, 0.25) is 0 Å². The van der Waals surface area contributed by atoms with Gasteiger partial charge in [-0.15, -0.1) is 0 Å². The summed E-state index contributed by atoms with van der Waals surface area (Å²) in [6, 6.07) is 18.6. The van der Waals surface area contributed by atoms with Gasteiger partial charge in [-0.2, -0.15) is 0 Å². The fourth-order valence-corrected chi connectivity index (χ4v) is 6.92. The van der Waals surface area contributed by atoms with E-state index in [2.05, 4.69) is 0 Å². The van der Waals surface area contributed by atoms with Crippen LogP contribution in [-0.4, -0.2) is 10.7 Å². The minimum atomic E-state index is -2.23. The molecule has 0 fully saturated rings. The zero-order chi connectivity index (χ0) is 29.5. The number of rotatable bonds is 14. The number of benzene rings is 3. The molecule has 8 heteroatoms. The van der Waals surface area contributed by atoms with Crippen molar-refractivity contribution in [3.8, 4) is 23.0 Å². The van der Waals surface area contributed by atoms with Crippen LogP contribution >= 0.6 is 16.1 Å². The van der Waals surface area contributed by atoms with Crippen molar-refractivity contribution in [3.63, 3.8) is 0 Å². The third-order valence-corrected chi connectivity index (χ3v) is 11.0. The maximum atomic E-state index is 13.5. The molecule has 2 unspecified atom stereocenters. The second-order valence-electron chi connectivity index (χ2n) is 10.1. The zero-order valence-corrected chi connectivity index (χ0v) is 26.7. The molecule has 0 spiro atoms. The SMILES string of the molecule is CCC(CC)(Oc1c(C)cccc1C)[P+](=O)Oc1ccc(O[P+](=O)C(CC)(CC)Oc2c(C)cccc2C)cc1. The molecule has 0 aliphatic carbocycles. The van der Waals surface area contributed by atoms with Crippen molar-refractivity contribution in [2.45, 2.75) is 91.8 Å². The third kappa shape index (κ3) is 6.85. The van der Waals surface area contributed by atoms with Crippen LogP contribution < -0.4 is 18.5 Å². The summed E-state index contributed by atoms with van der Waals surface area (Å²) in [5.74, 6) is 2.32. The molecule has 0 bridgehead atoms. The summed E-state index contributed by atoms with van der Waals surface area (Å²) in [6.07, 6.45) is 2.07. The van der Waals surface area contributed by atoms with E-state index in [0.29, 0.717) is 37.2 Å². The van der Waals surface area contributed by atoms with Gasteiger partial charge in [0.1, 0.15) is 11.5 Å². The predicted octanol–water partition coefficient (Wildman–Crippen LogP) is 10.4. The van der Waals surface area contributed by atoms with Crippen LogP contribution in [0.5, 0.6) is 23.0 Å². The molecular weight excluding hydrogens is 542 g/mol. The molecule has 214 valence electrons. The van der Waals surface area contributed by atoms with Gasteiger partial charge in [-0.1, -0.05) is 64.1 Å². The van der Waals surface area contributed by atoms with Crippen molar-refractivity contribution in [2.75, 3.05) is 0 Å². The summed E-state index contributed by atoms with van der Waals surface area (Å²) in [4.78, 5) is 0. The van der Waals surface area contributed by atoms with Crippen molar-refractivity contribution in [1.29, 1.82) is 0 Å². The van der Waals surface area contributed by atoms with E-state index in [0.717, 1.165) is 33.8 Å². The van der Waals surface area contributed by atoms with Gasteiger partial charge in [-0.05, 0) is 83.3 Å². The fraction of sp³-hybridized carbons (Fsp3) is 0.438. The first-order valence-corrected chi connectivity index (χ1v) is 16.3. The Kier molecular flexibility index (Phi) is 10.8. The Hall–Kier alpha value is -2.94. The number of ether oxygens (including phenoxy) is 2. The van der Waals surface area contributed by atoms with Crippen LogP contribution in [0.15, 0.2) is 60.7 Å². The van der Waals surface area contributed by atoms with Crippen molar-refractivity contribution < 1.29 is 27.7 Å². The first-order chi connectivity index (χ1) is 19.0. The van der Waals surface area contributed by atoms with Gasteiger partial charge in [0, 0.05) is 25.7 Å². The van der Waals surface area contributed by atoms with Crippen molar-refractivity contribution in [3.05, 3.63) is 82.9 Å². The van der Waals surface area contributed by atoms with Gasteiger partial charge >= 0.3 is 26.7 Å². The smallest absolute Gasteiger partial charge is 0.441 e. The molecule has 2 atom stereocenters. The molecule has 3 aromatic carbocycles. The van der Waals surface area contributed by atoms with Gasteiger partial charge in [-0.25, -0.2) is 0 Å². The van der Waals surface area contributed by atoms with Crippen LogP contribution in [0.1, 0.15) is 75.6 Å². The summed E-state index contributed by atoms with van der Waals surface area (Å²) < 4.78 is 51.7. The third-order valence-electron chi connectivity index (χ3n) is 7.48. The first kappa shape index (κ1) is 31.6. The maximum absolute atomic E-state index is 13.5. The van der Waals surface area contributed by atoms with Crippen LogP contribution in [0.25, 0.3) is 0 Å². The Balaban J connectivity index is 1.75. The Bertz CT molecular complexity index is 1180. The molecule has 0 aromatic heterocycles. The summed E-state index contributed by atoms with van der Waals surface area (Å²) in [5, 5.41) is -1.95. The maximum Gasteiger partial charge on any atom is 0.604 e. The Morgan fingerprint density at radius 3 is 1.05 bits per heavy atom. The van der Waals surface area contributed by atoms with Gasteiger partial charge in [0.05, 0.1) is 0 Å². The molecule has 0 radical (unpaired) electrons. The molecule has 40 heavy (non-hydrogen) atoms. The largest absolute Gasteiger partial charge is 0.604 e. The van der Waals surface area contributed by atoms with Crippen LogP contribution in [0.3, 0.4) is 0 Å². The normalized spacial score (nSPS) is 12.5. The second-order valence-corrected chi connectivity index (χ2v) is 13.1. The Morgan fingerprint density at radius 2 is 0.800 bits per heavy atom. The van der Waals surface area contributed by atoms with Crippen LogP contribution in [-0.2, 0) is 9.13 Å². The highest BCUT2D eigenvalue weighted by Crippen LogP contribution is 2.50.